The van der Waals surface area contributed by atoms with Gasteiger partial charge in [0.1, 0.15) is 10.9 Å². The fraction of sp³-hybridized carbons (Fsp3) is 0.200. The number of nitrogens with zero attached hydrogens (tertiary/aromatic N) is 3. The van der Waals surface area contributed by atoms with Crippen LogP contribution in [0.2, 0.25) is 0 Å². The first-order chi connectivity index (χ1) is 18.9. The largest absolute Gasteiger partial charge is 0.493 e. The zero-order valence-corrected chi connectivity index (χ0v) is 22.1. The molecule has 0 aliphatic rings. The van der Waals surface area contributed by atoms with Crippen LogP contribution in [0.15, 0.2) is 77.7 Å². The molecule has 9 nitrogen and oxygen atoms in total. The molecule has 0 fully saturated rings. The van der Waals surface area contributed by atoms with E-state index in [1.807, 2.05) is 61.5 Å². The number of methoxy groups -OCH3 is 2. The van der Waals surface area contributed by atoms with Crippen LogP contribution in [0.5, 0.6) is 11.5 Å². The Morgan fingerprint density at radius 2 is 1.77 bits per heavy atom. The van der Waals surface area contributed by atoms with Gasteiger partial charge in [-0.2, -0.15) is 0 Å². The molecular weight excluding hydrogens is 494 g/mol. The molecule has 198 valence electrons. The zero-order valence-electron chi connectivity index (χ0n) is 22.1. The minimum absolute atomic E-state index is 0.220. The van der Waals surface area contributed by atoms with Crippen LogP contribution in [-0.4, -0.2) is 29.5 Å². The van der Waals surface area contributed by atoms with Crippen molar-refractivity contribution in [3.8, 4) is 11.5 Å². The number of benzene rings is 2. The lowest BCUT2D eigenvalue weighted by Crippen LogP contribution is -2.43. The Bertz CT molecular complexity index is 1750. The molecule has 0 saturated carbocycles. The first-order valence-electron chi connectivity index (χ1n) is 12.6. The van der Waals surface area contributed by atoms with Crippen LogP contribution in [0.25, 0.3) is 16.7 Å². The van der Waals surface area contributed by atoms with Gasteiger partial charge in [0.05, 0.1) is 20.8 Å². The predicted molar refractivity (Wildman–Crippen MR) is 149 cm³/mol. The van der Waals surface area contributed by atoms with E-state index in [2.05, 4.69) is 5.32 Å². The molecule has 3 N–H and O–H groups in total. The Morgan fingerprint density at radius 3 is 2.51 bits per heavy atom. The molecule has 0 unspecified atom stereocenters. The average Bonchev–Trinajstić information content (AvgIpc) is 2.96. The molecule has 2 aromatic carbocycles. The molecule has 3 aromatic heterocycles. The Kier molecular flexibility index (Phi) is 7.14. The third kappa shape index (κ3) is 4.98. The van der Waals surface area contributed by atoms with E-state index in [0.29, 0.717) is 47.7 Å². The number of rotatable bonds is 8. The highest BCUT2D eigenvalue weighted by Crippen LogP contribution is 2.28. The molecule has 0 spiro atoms. The first-order valence-corrected chi connectivity index (χ1v) is 12.6. The third-order valence-corrected chi connectivity index (χ3v) is 6.79. The van der Waals surface area contributed by atoms with Crippen molar-refractivity contribution in [2.75, 3.05) is 20.0 Å². The second-order valence-corrected chi connectivity index (χ2v) is 9.24. The molecule has 9 heteroatoms. The molecule has 5 aromatic rings. The van der Waals surface area contributed by atoms with Gasteiger partial charge in [-0.3, -0.25) is 14.0 Å². The van der Waals surface area contributed by atoms with E-state index in [0.717, 1.165) is 16.7 Å². The van der Waals surface area contributed by atoms with Gasteiger partial charge in [0.2, 0.25) is 11.5 Å². The third-order valence-electron chi connectivity index (χ3n) is 6.79. The van der Waals surface area contributed by atoms with Crippen molar-refractivity contribution in [2.24, 2.45) is 0 Å². The van der Waals surface area contributed by atoms with E-state index >= 15 is 0 Å². The Hall–Kier alpha value is -4.92. The smallest absolute Gasteiger partial charge is 0.278 e. The monoisotopic (exact) mass is 524 g/mol. The first kappa shape index (κ1) is 25.7. The molecule has 1 amide bonds. The topological polar surface area (TPSA) is 112 Å². The van der Waals surface area contributed by atoms with Crippen molar-refractivity contribution in [3.05, 3.63) is 106 Å². The minimum atomic E-state index is -0.369. The molecule has 0 atom stereocenters. The average molecular weight is 525 g/mol. The SMILES string of the molecule is COc1ccc(CC[n+]2c(N)c(C(=O)NCc3ccccc3)cc3c(=O)n4cccc(C)c4nc32)cc1OC. The number of hydrogen-bond acceptors (Lipinski definition) is 6. The Morgan fingerprint density at radius 1 is 1.00 bits per heavy atom. The number of carbonyl (C=O) groups excluding carboxylic acids is 1. The lowest BCUT2D eigenvalue weighted by molar-refractivity contribution is -0.658. The van der Waals surface area contributed by atoms with Gasteiger partial charge in [-0.1, -0.05) is 47.4 Å². The van der Waals surface area contributed by atoms with E-state index < -0.39 is 0 Å². The lowest BCUT2D eigenvalue weighted by atomic mass is 10.1. The normalized spacial score (nSPS) is 11.1. The lowest BCUT2D eigenvalue weighted by Gasteiger charge is -2.14. The van der Waals surface area contributed by atoms with E-state index in [4.69, 9.17) is 20.2 Å². The number of nitrogens with one attached hydrogen (secondary N) is 1. The van der Waals surface area contributed by atoms with Crippen LogP contribution in [0.1, 0.15) is 27.0 Å². The number of pyridine rings is 2. The highest BCUT2D eigenvalue weighted by atomic mass is 16.5. The molecule has 0 saturated heterocycles. The summed E-state index contributed by atoms with van der Waals surface area (Å²) in [6, 6.07) is 20.5. The molecule has 39 heavy (non-hydrogen) atoms. The molecule has 0 radical (unpaired) electrons. The van der Waals surface area contributed by atoms with Gasteiger partial charge >= 0.3 is 0 Å². The summed E-state index contributed by atoms with van der Waals surface area (Å²) in [5.41, 5.74) is 10.3. The number of amides is 1. The van der Waals surface area contributed by atoms with E-state index in [1.54, 1.807) is 37.1 Å². The maximum atomic E-state index is 13.6. The number of aryl methyl sites for hydroxylation is 3. The summed E-state index contributed by atoms with van der Waals surface area (Å²) in [6.07, 6.45) is 2.23. The van der Waals surface area contributed by atoms with Crippen LogP contribution < -0.4 is 30.7 Å². The number of nitrogens with two attached hydrogens (primary N) is 1. The van der Waals surface area contributed by atoms with Gasteiger partial charge in [0, 0.05) is 24.7 Å². The summed E-state index contributed by atoms with van der Waals surface area (Å²) in [5, 5.41) is 3.23. The molecule has 3 heterocycles. The van der Waals surface area contributed by atoms with Crippen molar-refractivity contribution in [1.29, 1.82) is 0 Å². The van der Waals surface area contributed by atoms with Crippen molar-refractivity contribution in [1.82, 2.24) is 14.7 Å². The van der Waals surface area contributed by atoms with E-state index in [9.17, 15) is 9.59 Å². The molecule has 0 aliphatic carbocycles. The van der Waals surface area contributed by atoms with Crippen LogP contribution in [0.4, 0.5) is 5.82 Å². The summed E-state index contributed by atoms with van der Waals surface area (Å²) in [7, 11) is 3.18. The maximum absolute atomic E-state index is 13.6. The van der Waals surface area contributed by atoms with Gasteiger partial charge < -0.3 is 20.5 Å². The number of fused-ring (bicyclic) bond motifs is 2. The second kappa shape index (κ2) is 10.8. The number of ether oxygens (including phenoxy) is 2. The van der Waals surface area contributed by atoms with Gasteiger partial charge in [-0.05, 0) is 42.3 Å². The molecule has 0 bridgehead atoms. The minimum Gasteiger partial charge on any atom is -0.493 e. The molecular formula is C30H30N5O4+. The van der Waals surface area contributed by atoms with Crippen molar-refractivity contribution in [2.45, 2.75) is 26.4 Å². The van der Waals surface area contributed by atoms with Crippen molar-refractivity contribution >= 4 is 28.4 Å². The highest BCUT2D eigenvalue weighted by molar-refractivity contribution is 6.00. The second-order valence-electron chi connectivity index (χ2n) is 9.24. The fourth-order valence-corrected chi connectivity index (χ4v) is 4.67. The van der Waals surface area contributed by atoms with Crippen LogP contribution in [-0.2, 0) is 19.5 Å². The summed E-state index contributed by atoms with van der Waals surface area (Å²) < 4.78 is 14.0. The number of carbonyl (C=O) groups is 1. The maximum Gasteiger partial charge on any atom is 0.278 e. The molecule has 0 aliphatic heterocycles. The molecule has 5 rings (SSSR count). The van der Waals surface area contributed by atoms with Gasteiger partial charge in [0.25, 0.3) is 17.1 Å². The summed E-state index contributed by atoms with van der Waals surface area (Å²) >= 11 is 0. The predicted octanol–water partition coefficient (Wildman–Crippen LogP) is 3.22. The Balaban J connectivity index is 1.60. The summed E-state index contributed by atoms with van der Waals surface area (Å²) in [5.74, 6) is 1.11. The fourth-order valence-electron chi connectivity index (χ4n) is 4.67. The zero-order chi connectivity index (χ0) is 27.5. The van der Waals surface area contributed by atoms with Crippen LogP contribution >= 0.6 is 0 Å². The van der Waals surface area contributed by atoms with Gasteiger partial charge in [0.15, 0.2) is 11.5 Å². The summed E-state index contributed by atoms with van der Waals surface area (Å²) in [4.78, 5) is 31.8. The van der Waals surface area contributed by atoms with Crippen LogP contribution in [0.3, 0.4) is 0 Å². The Labute approximate surface area is 225 Å². The van der Waals surface area contributed by atoms with Gasteiger partial charge in [-0.25, -0.2) is 4.57 Å². The highest BCUT2D eigenvalue weighted by Gasteiger charge is 2.25. The quantitative estimate of drug-likeness (QED) is 0.238. The number of aromatic nitrogens is 3. The summed E-state index contributed by atoms with van der Waals surface area (Å²) in [6.45, 7) is 2.61. The van der Waals surface area contributed by atoms with E-state index in [-0.39, 0.29) is 22.8 Å². The van der Waals surface area contributed by atoms with Gasteiger partial charge in [-0.15, -0.1) is 0 Å². The standard InChI is InChI=1S/C30H29N5O4/c1-19-8-7-14-35-27(19)33-28-23(30(35)37)17-22(29(36)32-18-21-9-5-4-6-10-21)26(31)34(28)15-13-20-11-12-24(38-2)25(16-20)39-3/h4-12,14,16-17,31H,13,15,18H2,1-3H3,(H,32,36)/p+1. The number of hydrogen-bond donors (Lipinski definition) is 2. The van der Waals surface area contributed by atoms with Crippen molar-refractivity contribution in [3.63, 3.8) is 0 Å². The number of nitrogen functional groups attached to an aromatic ring is 1. The van der Waals surface area contributed by atoms with E-state index in [1.165, 1.54) is 4.40 Å². The number of anilines is 1. The van der Waals surface area contributed by atoms with Crippen LogP contribution in [0, 0.1) is 6.92 Å². The van der Waals surface area contributed by atoms with Crippen molar-refractivity contribution < 1.29 is 18.8 Å².